The average Bonchev–Trinajstić information content (AvgIpc) is 2.78. The zero-order chi connectivity index (χ0) is 12.4. The third-order valence-electron chi connectivity index (χ3n) is 3.34. The Kier molecular flexibility index (Phi) is 3.75. The van der Waals surface area contributed by atoms with Crippen LogP contribution in [-0.2, 0) is 6.42 Å². The number of pyridine rings is 1. The molecule has 0 bridgehead atoms. The van der Waals surface area contributed by atoms with E-state index in [1.807, 2.05) is 30.1 Å². The van der Waals surface area contributed by atoms with E-state index in [9.17, 15) is 0 Å². The van der Waals surface area contributed by atoms with Crippen LogP contribution in [0.25, 0.3) is 11.2 Å². The lowest BCUT2D eigenvalue weighted by molar-refractivity contribution is 0.493. The van der Waals surface area contributed by atoms with Gasteiger partial charge in [0.1, 0.15) is 11.3 Å². The van der Waals surface area contributed by atoms with E-state index in [0.29, 0.717) is 11.9 Å². The first kappa shape index (κ1) is 12.3. The third-order valence-corrected chi connectivity index (χ3v) is 4.73. The quantitative estimate of drug-likeness (QED) is 0.809. The molecular formula is C13H16ClN3S. The van der Waals surface area contributed by atoms with E-state index in [2.05, 4.69) is 14.5 Å². The molecule has 96 valence electrons. The smallest absolute Gasteiger partial charge is 0.160 e. The molecule has 1 atom stereocenters. The molecule has 0 spiro atoms. The number of rotatable bonds is 3. The third kappa shape index (κ3) is 2.24. The molecule has 1 unspecified atom stereocenters. The fourth-order valence-electron chi connectivity index (χ4n) is 2.55. The molecule has 1 aliphatic heterocycles. The van der Waals surface area contributed by atoms with Crippen molar-refractivity contribution in [3.8, 4) is 0 Å². The molecule has 1 saturated heterocycles. The Labute approximate surface area is 116 Å². The number of fused-ring (bicyclic) bond motifs is 1. The molecule has 3 heterocycles. The van der Waals surface area contributed by atoms with Gasteiger partial charge in [0.2, 0.25) is 0 Å². The SMILES string of the molecule is ClCCc1nc2cccnc2n1C1CCCSC1. The van der Waals surface area contributed by atoms with Gasteiger partial charge in [-0.15, -0.1) is 11.6 Å². The molecule has 2 aromatic rings. The van der Waals surface area contributed by atoms with Crippen molar-refractivity contribution >= 4 is 34.5 Å². The van der Waals surface area contributed by atoms with Gasteiger partial charge in [0.25, 0.3) is 0 Å². The van der Waals surface area contributed by atoms with Crippen molar-refractivity contribution < 1.29 is 0 Å². The van der Waals surface area contributed by atoms with Gasteiger partial charge in [-0.1, -0.05) is 0 Å². The second kappa shape index (κ2) is 5.49. The molecule has 0 saturated carbocycles. The summed E-state index contributed by atoms with van der Waals surface area (Å²) < 4.78 is 2.32. The Morgan fingerprint density at radius 2 is 2.44 bits per heavy atom. The fraction of sp³-hybridized carbons (Fsp3) is 0.538. The molecule has 0 aromatic carbocycles. The Bertz CT molecular complexity index is 534. The van der Waals surface area contributed by atoms with Crippen molar-refractivity contribution in [2.24, 2.45) is 0 Å². The maximum Gasteiger partial charge on any atom is 0.160 e. The van der Waals surface area contributed by atoms with Crippen LogP contribution in [0.5, 0.6) is 0 Å². The van der Waals surface area contributed by atoms with Crippen molar-refractivity contribution in [3.05, 3.63) is 24.2 Å². The normalized spacial score (nSPS) is 20.4. The zero-order valence-electron chi connectivity index (χ0n) is 10.2. The Hall–Kier alpha value is -0.740. The Balaban J connectivity index is 2.07. The van der Waals surface area contributed by atoms with Gasteiger partial charge in [-0.05, 0) is 30.7 Å². The highest BCUT2D eigenvalue weighted by Gasteiger charge is 2.21. The lowest BCUT2D eigenvalue weighted by Gasteiger charge is -2.24. The van der Waals surface area contributed by atoms with Gasteiger partial charge in [0.15, 0.2) is 5.65 Å². The average molecular weight is 282 g/mol. The number of aryl methyl sites for hydroxylation is 1. The summed E-state index contributed by atoms with van der Waals surface area (Å²) >= 11 is 7.92. The summed E-state index contributed by atoms with van der Waals surface area (Å²) in [6.45, 7) is 0. The summed E-state index contributed by atoms with van der Waals surface area (Å²) in [6, 6.07) is 4.51. The largest absolute Gasteiger partial charge is 0.309 e. The van der Waals surface area contributed by atoms with Crippen molar-refractivity contribution in [1.82, 2.24) is 14.5 Å². The van der Waals surface area contributed by atoms with Crippen LogP contribution < -0.4 is 0 Å². The van der Waals surface area contributed by atoms with Crippen LogP contribution in [-0.4, -0.2) is 31.9 Å². The predicted molar refractivity (Wildman–Crippen MR) is 77.5 cm³/mol. The van der Waals surface area contributed by atoms with Crippen LogP contribution >= 0.6 is 23.4 Å². The number of aromatic nitrogens is 3. The van der Waals surface area contributed by atoms with Gasteiger partial charge in [-0.25, -0.2) is 9.97 Å². The highest BCUT2D eigenvalue weighted by molar-refractivity contribution is 7.99. The number of hydrogen-bond acceptors (Lipinski definition) is 3. The van der Waals surface area contributed by atoms with E-state index in [1.54, 1.807) is 0 Å². The molecule has 2 aromatic heterocycles. The fourth-order valence-corrected chi connectivity index (χ4v) is 3.84. The summed E-state index contributed by atoms with van der Waals surface area (Å²) in [7, 11) is 0. The minimum absolute atomic E-state index is 0.530. The highest BCUT2D eigenvalue weighted by Crippen LogP contribution is 2.30. The van der Waals surface area contributed by atoms with Gasteiger partial charge < -0.3 is 4.57 Å². The van der Waals surface area contributed by atoms with Crippen LogP contribution in [0.15, 0.2) is 18.3 Å². The topological polar surface area (TPSA) is 30.7 Å². The van der Waals surface area contributed by atoms with Crippen LogP contribution in [0.1, 0.15) is 24.7 Å². The van der Waals surface area contributed by atoms with Crippen molar-refractivity contribution in [2.75, 3.05) is 17.4 Å². The minimum Gasteiger partial charge on any atom is -0.309 e. The number of thioether (sulfide) groups is 1. The lowest BCUT2D eigenvalue weighted by atomic mass is 10.2. The van der Waals surface area contributed by atoms with E-state index < -0.39 is 0 Å². The maximum absolute atomic E-state index is 5.90. The number of imidazole rings is 1. The lowest BCUT2D eigenvalue weighted by Crippen LogP contribution is -2.19. The summed E-state index contributed by atoms with van der Waals surface area (Å²) in [4.78, 5) is 9.19. The summed E-state index contributed by atoms with van der Waals surface area (Å²) in [5, 5.41) is 0. The van der Waals surface area contributed by atoms with Crippen LogP contribution in [0, 0.1) is 0 Å². The minimum atomic E-state index is 0.530. The van der Waals surface area contributed by atoms with Gasteiger partial charge in [-0.3, -0.25) is 0 Å². The van der Waals surface area contributed by atoms with Gasteiger partial charge in [0, 0.05) is 30.3 Å². The van der Waals surface area contributed by atoms with E-state index in [0.717, 1.165) is 29.2 Å². The number of nitrogens with zero attached hydrogens (tertiary/aromatic N) is 3. The molecular weight excluding hydrogens is 266 g/mol. The number of hydrogen-bond donors (Lipinski definition) is 0. The van der Waals surface area contributed by atoms with Crippen molar-refractivity contribution in [3.63, 3.8) is 0 Å². The summed E-state index contributed by atoms with van der Waals surface area (Å²) in [5.41, 5.74) is 2.01. The van der Waals surface area contributed by atoms with Gasteiger partial charge in [-0.2, -0.15) is 11.8 Å². The van der Waals surface area contributed by atoms with Crippen LogP contribution in [0.3, 0.4) is 0 Å². The monoisotopic (exact) mass is 281 g/mol. The first-order valence-corrected chi connectivity index (χ1v) is 8.04. The van der Waals surface area contributed by atoms with E-state index in [4.69, 9.17) is 11.6 Å². The Morgan fingerprint density at radius 1 is 1.50 bits per heavy atom. The van der Waals surface area contributed by atoms with E-state index in [-0.39, 0.29) is 0 Å². The molecule has 1 aliphatic rings. The second-order valence-electron chi connectivity index (χ2n) is 4.55. The molecule has 0 amide bonds. The maximum atomic E-state index is 5.90. The van der Waals surface area contributed by atoms with Crippen LogP contribution in [0.2, 0.25) is 0 Å². The number of halogens is 1. The van der Waals surface area contributed by atoms with Crippen molar-refractivity contribution in [2.45, 2.75) is 25.3 Å². The zero-order valence-corrected chi connectivity index (χ0v) is 11.8. The Morgan fingerprint density at radius 3 is 3.22 bits per heavy atom. The number of alkyl halides is 1. The molecule has 0 radical (unpaired) electrons. The van der Waals surface area contributed by atoms with E-state index >= 15 is 0 Å². The van der Waals surface area contributed by atoms with Crippen LogP contribution in [0.4, 0.5) is 0 Å². The summed E-state index contributed by atoms with van der Waals surface area (Å²) in [5.74, 6) is 4.15. The molecule has 3 nitrogen and oxygen atoms in total. The molecule has 5 heteroatoms. The first-order valence-electron chi connectivity index (χ1n) is 6.35. The van der Waals surface area contributed by atoms with Crippen molar-refractivity contribution in [1.29, 1.82) is 0 Å². The first-order chi connectivity index (χ1) is 8.90. The molecule has 0 N–H and O–H groups in total. The molecule has 1 fully saturated rings. The van der Waals surface area contributed by atoms with Gasteiger partial charge >= 0.3 is 0 Å². The second-order valence-corrected chi connectivity index (χ2v) is 6.08. The predicted octanol–water partition coefficient (Wildman–Crippen LogP) is 3.28. The molecule has 0 aliphatic carbocycles. The molecule has 18 heavy (non-hydrogen) atoms. The van der Waals surface area contributed by atoms with Gasteiger partial charge in [0.05, 0.1) is 0 Å². The molecule has 3 rings (SSSR count). The highest BCUT2D eigenvalue weighted by atomic mass is 35.5. The van der Waals surface area contributed by atoms with E-state index in [1.165, 1.54) is 18.6 Å². The standard InChI is InChI=1S/C13H16ClN3S/c14-6-5-12-16-11-4-1-7-15-13(11)17(12)10-3-2-8-18-9-10/h1,4,7,10H,2-3,5-6,8-9H2. The summed E-state index contributed by atoms with van der Waals surface area (Å²) in [6.07, 6.45) is 5.17.